The van der Waals surface area contributed by atoms with Gasteiger partial charge < -0.3 is 15.3 Å². The number of piperazine rings is 1. The van der Waals surface area contributed by atoms with Gasteiger partial charge in [0.25, 0.3) is 0 Å². The largest absolute Gasteiger partial charge is 0.390 e. The number of benzene rings is 1. The van der Waals surface area contributed by atoms with Crippen molar-refractivity contribution in [1.29, 1.82) is 0 Å². The molecule has 2 aliphatic rings. The molecule has 0 saturated carbocycles. The fourth-order valence-corrected chi connectivity index (χ4v) is 5.69. The Morgan fingerprint density at radius 3 is 2.47 bits per heavy atom. The fourth-order valence-electron chi connectivity index (χ4n) is 5.69. The van der Waals surface area contributed by atoms with Gasteiger partial charge in [-0.2, -0.15) is 5.10 Å². The maximum absolute atomic E-state index is 14.4. The van der Waals surface area contributed by atoms with Crippen LogP contribution in [-0.4, -0.2) is 73.8 Å². The minimum Gasteiger partial charge on any atom is -0.390 e. The molecule has 4 rings (SSSR count). The third kappa shape index (κ3) is 5.08. The third-order valence-electron chi connectivity index (χ3n) is 8.16. The van der Waals surface area contributed by atoms with Crippen molar-refractivity contribution in [3.8, 4) is 5.69 Å². The maximum atomic E-state index is 14.4. The molecule has 3 heterocycles. The zero-order chi connectivity index (χ0) is 27.8. The van der Waals surface area contributed by atoms with Crippen molar-refractivity contribution >= 4 is 11.8 Å². The van der Waals surface area contributed by atoms with Gasteiger partial charge in [-0.05, 0) is 51.2 Å². The molecule has 2 aliphatic heterocycles. The molecular formula is C28H39F2N5O3. The minimum atomic E-state index is -0.943. The van der Waals surface area contributed by atoms with Crippen LogP contribution >= 0.6 is 0 Å². The number of aliphatic hydroxyl groups is 1. The van der Waals surface area contributed by atoms with E-state index in [-0.39, 0.29) is 23.4 Å². The number of carbonyl (C=O) groups is 2. The number of rotatable bonds is 8. The highest BCUT2D eigenvalue weighted by Gasteiger charge is 2.54. The van der Waals surface area contributed by atoms with Crippen LogP contribution in [-0.2, 0) is 16.1 Å². The number of carbonyl (C=O) groups excluding carboxylic acids is 2. The Morgan fingerprint density at radius 2 is 1.87 bits per heavy atom. The summed E-state index contributed by atoms with van der Waals surface area (Å²) in [5, 5.41) is 18.0. The molecule has 1 aromatic heterocycles. The van der Waals surface area contributed by atoms with Crippen LogP contribution in [0.1, 0.15) is 63.4 Å². The van der Waals surface area contributed by atoms with Crippen molar-refractivity contribution in [2.75, 3.05) is 19.6 Å². The monoisotopic (exact) mass is 531 g/mol. The first-order chi connectivity index (χ1) is 18.0. The highest BCUT2D eigenvalue weighted by atomic mass is 19.1. The van der Waals surface area contributed by atoms with Crippen molar-refractivity contribution in [1.82, 2.24) is 24.9 Å². The highest BCUT2D eigenvalue weighted by molar-refractivity contribution is 6.00. The second-order valence-electron chi connectivity index (χ2n) is 11.0. The summed E-state index contributed by atoms with van der Waals surface area (Å²) < 4.78 is 29.4. The van der Waals surface area contributed by atoms with Gasteiger partial charge in [0.05, 0.1) is 11.8 Å². The molecule has 2 unspecified atom stereocenters. The molecule has 0 bridgehead atoms. The molecule has 38 heavy (non-hydrogen) atoms. The summed E-state index contributed by atoms with van der Waals surface area (Å²) in [5.74, 6) is -1.88. The first-order valence-electron chi connectivity index (χ1n) is 13.5. The van der Waals surface area contributed by atoms with Gasteiger partial charge in [0.2, 0.25) is 11.8 Å². The number of unbranched alkanes of at least 4 members (excludes halogenated alkanes) is 1. The SMILES string of the molecule is CCCCN1C(=O)C(C(O)C(C)C)NC(=O)C12CCN(Cc1c(C)nn(-c3ccc(F)cc3F)c1C)CC2. The summed E-state index contributed by atoms with van der Waals surface area (Å²) in [6, 6.07) is 2.52. The van der Waals surface area contributed by atoms with Crippen molar-refractivity contribution in [3.05, 3.63) is 46.8 Å². The molecule has 2 N–H and O–H groups in total. The van der Waals surface area contributed by atoms with Gasteiger partial charge in [0, 0.05) is 43.5 Å². The van der Waals surface area contributed by atoms with Gasteiger partial charge in [-0.15, -0.1) is 0 Å². The summed E-state index contributed by atoms with van der Waals surface area (Å²) >= 11 is 0. The van der Waals surface area contributed by atoms with Gasteiger partial charge in [0.1, 0.15) is 23.1 Å². The molecule has 0 radical (unpaired) electrons. The lowest BCUT2D eigenvalue weighted by atomic mass is 9.80. The van der Waals surface area contributed by atoms with Gasteiger partial charge in [0.15, 0.2) is 5.82 Å². The fraction of sp³-hybridized carbons (Fsp3) is 0.607. The van der Waals surface area contributed by atoms with E-state index >= 15 is 0 Å². The van der Waals surface area contributed by atoms with E-state index in [0.29, 0.717) is 39.0 Å². The van der Waals surface area contributed by atoms with E-state index in [1.54, 1.807) is 4.90 Å². The smallest absolute Gasteiger partial charge is 0.248 e. The predicted octanol–water partition coefficient (Wildman–Crippen LogP) is 3.25. The predicted molar refractivity (Wildman–Crippen MR) is 140 cm³/mol. The summed E-state index contributed by atoms with van der Waals surface area (Å²) in [6.45, 7) is 11.7. The first-order valence-corrected chi connectivity index (χ1v) is 13.5. The number of nitrogens with zero attached hydrogens (tertiary/aromatic N) is 4. The summed E-state index contributed by atoms with van der Waals surface area (Å²) in [7, 11) is 0. The zero-order valence-electron chi connectivity index (χ0n) is 22.9. The Balaban J connectivity index is 1.52. The third-order valence-corrected chi connectivity index (χ3v) is 8.16. The molecule has 8 nitrogen and oxygen atoms in total. The number of nitrogens with one attached hydrogen (secondary N) is 1. The van der Waals surface area contributed by atoms with Crippen LogP contribution < -0.4 is 5.32 Å². The summed E-state index contributed by atoms with van der Waals surface area (Å²) in [5.41, 5.74) is 1.75. The number of piperidine rings is 1. The molecule has 2 fully saturated rings. The van der Waals surface area contributed by atoms with Crippen molar-refractivity contribution in [3.63, 3.8) is 0 Å². The average Bonchev–Trinajstić information content (AvgIpc) is 3.15. The number of aliphatic hydroxyl groups excluding tert-OH is 1. The lowest BCUT2D eigenvalue weighted by Gasteiger charge is -2.52. The Labute approximate surface area is 223 Å². The van der Waals surface area contributed by atoms with Crippen LogP contribution in [0, 0.1) is 31.4 Å². The van der Waals surface area contributed by atoms with Gasteiger partial charge >= 0.3 is 0 Å². The molecule has 2 aromatic rings. The molecule has 10 heteroatoms. The Morgan fingerprint density at radius 1 is 1.18 bits per heavy atom. The number of hydrogen-bond donors (Lipinski definition) is 2. The van der Waals surface area contributed by atoms with Crippen molar-refractivity contribution in [2.24, 2.45) is 5.92 Å². The number of aromatic nitrogens is 2. The van der Waals surface area contributed by atoms with E-state index in [1.807, 2.05) is 34.6 Å². The molecular weight excluding hydrogens is 492 g/mol. The maximum Gasteiger partial charge on any atom is 0.248 e. The molecule has 0 aliphatic carbocycles. The lowest BCUT2D eigenvalue weighted by molar-refractivity contribution is -0.165. The normalized spacial score (nSPS) is 20.9. The molecule has 2 amide bonds. The number of likely N-dealkylation sites (tertiary alicyclic amines) is 1. The summed E-state index contributed by atoms with van der Waals surface area (Å²) in [4.78, 5) is 31.0. The van der Waals surface area contributed by atoms with Crippen molar-refractivity contribution in [2.45, 2.75) is 84.5 Å². The number of hydrogen-bond acceptors (Lipinski definition) is 5. The Hall–Kier alpha value is -2.85. The Kier molecular flexibility index (Phi) is 8.23. The van der Waals surface area contributed by atoms with E-state index in [4.69, 9.17) is 0 Å². The van der Waals surface area contributed by atoms with Crippen LogP contribution in [0.15, 0.2) is 18.2 Å². The molecule has 2 atom stereocenters. The van der Waals surface area contributed by atoms with Crippen LogP contribution in [0.2, 0.25) is 0 Å². The van der Waals surface area contributed by atoms with Gasteiger partial charge in [-0.1, -0.05) is 27.2 Å². The number of aryl methyl sites for hydroxylation is 1. The highest BCUT2D eigenvalue weighted by Crippen LogP contribution is 2.35. The molecule has 2 saturated heterocycles. The molecule has 208 valence electrons. The van der Waals surface area contributed by atoms with Crippen LogP contribution in [0.4, 0.5) is 8.78 Å². The molecule has 1 aromatic carbocycles. The number of amides is 2. The van der Waals surface area contributed by atoms with Crippen LogP contribution in [0.25, 0.3) is 5.69 Å². The van der Waals surface area contributed by atoms with Gasteiger partial charge in [-0.3, -0.25) is 14.5 Å². The topological polar surface area (TPSA) is 90.7 Å². The van der Waals surface area contributed by atoms with E-state index in [1.165, 1.54) is 16.8 Å². The average molecular weight is 532 g/mol. The minimum absolute atomic E-state index is 0.163. The molecule has 1 spiro atoms. The van der Waals surface area contributed by atoms with Crippen LogP contribution in [0.5, 0.6) is 0 Å². The van der Waals surface area contributed by atoms with Gasteiger partial charge in [-0.25, -0.2) is 13.5 Å². The lowest BCUT2D eigenvalue weighted by Crippen LogP contribution is -2.74. The second-order valence-corrected chi connectivity index (χ2v) is 11.0. The Bertz CT molecular complexity index is 1190. The number of halogens is 2. The second kappa shape index (κ2) is 11.1. The summed E-state index contributed by atoms with van der Waals surface area (Å²) in [6.07, 6.45) is 1.70. The van der Waals surface area contributed by atoms with E-state index in [0.717, 1.165) is 35.9 Å². The van der Waals surface area contributed by atoms with Crippen molar-refractivity contribution < 1.29 is 23.5 Å². The standard InChI is InChI=1S/C28H39F2N5O3/c1-6-7-12-34-26(37)24(25(36)17(2)3)31-27(38)28(34)10-13-33(14-11-28)16-21-18(4)32-35(19(21)5)23-9-8-20(29)15-22(23)30/h8-9,15,17,24-25,36H,6-7,10-14,16H2,1-5H3,(H,31,38). The zero-order valence-corrected chi connectivity index (χ0v) is 22.9. The van der Waals surface area contributed by atoms with E-state index in [2.05, 4.69) is 15.3 Å². The van der Waals surface area contributed by atoms with E-state index < -0.39 is 29.3 Å². The van der Waals surface area contributed by atoms with Crippen LogP contribution in [0.3, 0.4) is 0 Å². The first kappa shape index (κ1) is 28.2. The van der Waals surface area contributed by atoms with E-state index in [9.17, 15) is 23.5 Å². The quantitative estimate of drug-likeness (QED) is 0.546.